The summed E-state index contributed by atoms with van der Waals surface area (Å²) in [6, 6.07) is 5.09. The highest BCUT2D eigenvalue weighted by molar-refractivity contribution is 7.89. The van der Waals surface area contributed by atoms with E-state index >= 15 is 0 Å². The maximum absolute atomic E-state index is 13.5. The number of halogens is 1. The number of ether oxygens (including phenoxy) is 2. The van der Waals surface area contributed by atoms with Crippen molar-refractivity contribution in [2.75, 3.05) is 20.2 Å². The number of sulfonamides is 1. The third-order valence-electron chi connectivity index (χ3n) is 4.19. The summed E-state index contributed by atoms with van der Waals surface area (Å²) in [6.45, 7) is 2.05. The lowest BCUT2D eigenvalue weighted by atomic mass is 10.2. The quantitative estimate of drug-likeness (QED) is 0.638. The Bertz CT molecular complexity index is 1110. The van der Waals surface area contributed by atoms with E-state index in [0.717, 1.165) is 12.1 Å². The monoisotopic (exact) mass is 393 g/mol. The molecule has 9 nitrogen and oxygen atoms in total. The third kappa shape index (κ3) is 3.08. The predicted molar refractivity (Wildman–Crippen MR) is 91.6 cm³/mol. The number of benzene rings is 1. The molecule has 3 heterocycles. The van der Waals surface area contributed by atoms with Crippen molar-refractivity contribution in [1.82, 2.24) is 23.9 Å². The number of fused-ring (bicyclic) bond motifs is 1. The van der Waals surface area contributed by atoms with E-state index in [1.54, 1.807) is 13.0 Å². The summed E-state index contributed by atoms with van der Waals surface area (Å²) in [7, 11) is -2.55. The molecule has 0 radical (unpaired) electrons. The fourth-order valence-electron chi connectivity index (χ4n) is 2.81. The van der Waals surface area contributed by atoms with Crippen LogP contribution in [0.1, 0.15) is 5.69 Å². The predicted octanol–water partition coefficient (Wildman–Crippen LogP) is 1.03. The highest BCUT2D eigenvalue weighted by Crippen LogP contribution is 2.31. The van der Waals surface area contributed by atoms with Crippen molar-refractivity contribution in [3.63, 3.8) is 0 Å². The normalized spacial score (nSPS) is 15.7. The summed E-state index contributed by atoms with van der Waals surface area (Å²) in [5.74, 6) is 0.275. The lowest BCUT2D eigenvalue weighted by Gasteiger charge is -2.37. The molecule has 0 saturated carbocycles. The summed E-state index contributed by atoms with van der Waals surface area (Å²) in [5.41, 5.74) is 0.707. The van der Waals surface area contributed by atoms with Crippen LogP contribution in [0.25, 0.3) is 5.78 Å². The van der Waals surface area contributed by atoms with Crippen molar-refractivity contribution < 1.29 is 22.3 Å². The second kappa shape index (κ2) is 6.43. The molecule has 0 atom stereocenters. The zero-order chi connectivity index (χ0) is 19.2. The minimum absolute atomic E-state index is 0.0925. The number of nitrogens with zero attached hydrogens (tertiary/aromatic N) is 5. The van der Waals surface area contributed by atoms with Crippen LogP contribution < -0.4 is 9.47 Å². The smallest absolute Gasteiger partial charge is 0.255 e. The average molecular weight is 393 g/mol. The molecule has 1 aliphatic heterocycles. The molecule has 142 valence electrons. The molecule has 4 rings (SSSR count). The fraction of sp³-hybridized carbons (Fsp3) is 0.312. The zero-order valence-electron chi connectivity index (χ0n) is 14.5. The van der Waals surface area contributed by atoms with Gasteiger partial charge in [0.2, 0.25) is 15.9 Å². The standard InChI is InChI=1S/C16H16FN5O4S/c1-10-5-15(22-16(20-10)18-9-19-22)26-12-7-21(8-12)27(23,24)14-6-11(17)3-4-13(14)25-2/h3-6,9,12H,7-8H2,1-2H3. The molecule has 1 aliphatic rings. The maximum Gasteiger partial charge on any atom is 0.255 e. The summed E-state index contributed by atoms with van der Waals surface area (Å²) in [5, 5.41) is 4.05. The van der Waals surface area contributed by atoms with Gasteiger partial charge < -0.3 is 9.47 Å². The number of hydrogen-bond donors (Lipinski definition) is 0. The zero-order valence-corrected chi connectivity index (χ0v) is 15.4. The summed E-state index contributed by atoms with van der Waals surface area (Å²) >= 11 is 0. The molecule has 1 fully saturated rings. The van der Waals surface area contributed by atoms with Gasteiger partial charge in [-0.15, -0.1) is 0 Å². The van der Waals surface area contributed by atoms with Crippen molar-refractivity contribution in [1.29, 1.82) is 0 Å². The van der Waals surface area contributed by atoms with Gasteiger partial charge in [-0.1, -0.05) is 0 Å². The summed E-state index contributed by atoms with van der Waals surface area (Å²) in [4.78, 5) is 8.03. The molecule has 0 bridgehead atoms. The van der Waals surface area contributed by atoms with Crippen LogP contribution in [-0.2, 0) is 10.0 Å². The number of methoxy groups -OCH3 is 1. The molecule has 0 amide bonds. The molecule has 0 unspecified atom stereocenters. The Balaban J connectivity index is 1.52. The van der Waals surface area contributed by atoms with Gasteiger partial charge >= 0.3 is 0 Å². The van der Waals surface area contributed by atoms with Crippen LogP contribution in [0.3, 0.4) is 0 Å². The first-order valence-electron chi connectivity index (χ1n) is 8.06. The Morgan fingerprint density at radius 3 is 2.78 bits per heavy atom. The molecular weight excluding hydrogens is 377 g/mol. The van der Waals surface area contributed by atoms with Crippen molar-refractivity contribution >= 4 is 15.8 Å². The third-order valence-corrected chi connectivity index (χ3v) is 6.05. The van der Waals surface area contributed by atoms with Gasteiger partial charge in [0, 0.05) is 11.8 Å². The first kappa shape index (κ1) is 17.6. The molecule has 0 N–H and O–H groups in total. The average Bonchev–Trinajstić information content (AvgIpc) is 3.05. The van der Waals surface area contributed by atoms with Crippen molar-refractivity contribution in [2.24, 2.45) is 0 Å². The molecule has 11 heteroatoms. The Labute approximate surface area is 154 Å². The van der Waals surface area contributed by atoms with E-state index in [1.165, 1.54) is 28.3 Å². The van der Waals surface area contributed by atoms with Crippen LogP contribution in [0.4, 0.5) is 4.39 Å². The van der Waals surface area contributed by atoms with Gasteiger partial charge in [0.25, 0.3) is 5.78 Å². The van der Waals surface area contributed by atoms with E-state index in [4.69, 9.17) is 9.47 Å². The van der Waals surface area contributed by atoms with E-state index in [9.17, 15) is 12.8 Å². The lowest BCUT2D eigenvalue weighted by Crippen LogP contribution is -2.56. The molecule has 1 saturated heterocycles. The fourth-order valence-corrected chi connectivity index (χ4v) is 4.48. The van der Waals surface area contributed by atoms with Crippen LogP contribution in [0, 0.1) is 12.7 Å². The van der Waals surface area contributed by atoms with Crippen LogP contribution in [0.2, 0.25) is 0 Å². The Kier molecular flexibility index (Phi) is 4.19. The maximum atomic E-state index is 13.5. The van der Waals surface area contributed by atoms with E-state index in [2.05, 4.69) is 15.1 Å². The van der Waals surface area contributed by atoms with E-state index in [-0.39, 0.29) is 29.8 Å². The topological polar surface area (TPSA) is 98.9 Å². The Morgan fingerprint density at radius 2 is 2.04 bits per heavy atom. The Morgan fingerprint density at radius 1 is 1.26 bits per heavy atom. The Hall–Kier alpha value is -2.79. The molecule has 0 spiro atoms. The van der Waals surface area contributed by atoms with E-state index < -0.39 is 15.8 Å². The van der Waals surface area contributed by atoms with E-state index in [0.29, 0.717) is 17.4 Å². The molecule has 27 heavy (non-hydrogen) atoms. The van der Waals surface area contributed by atoms with Crippen LogP contribution >= 0.6 is 0 Å². The van der Waals surface area contributed by atoms with Gasteiger partial charge in [0.05, 0.1) is 20.2 Å². The molecular formula is C16H16FN5O4S. The largest absolute Gasteiger partial charge is 0.495 e. The SMILES string of the molecule is COc1ccc(F)cc1S(=O)(=O)N1CC(Oc2cc(C)nc3ncnn23)C1. The molecule has 0 aliphatic carbocycles. The highest BCUT2D eigenvalue weighted by atomic mass is 32.2. The second-order valence-electron chi connectivity index (χ2n) is 6.06. The van der Waals surface area contributed by atoms with Crippen LogP contribution in [-0.4, -0.2) is 58.6 Å². The first-order chi connectivity index (χ1) is 12.9. The number of aromatic nitrogens is 4. The summed E-state index contributed by atoms with van der Waals surface area (Å²) < 4.78 is 52.6. The lowest BCUT2D eigenvalue weighted by molar-refractivity contribution is 0.0696. The second-order valence-corrected chi connectivity index (χ2v) is 7.97. The minimum Gasteiger partial charge on any atom is -0.495 e. The van der Waals surface area contributed by atoms with Gasteiger partial charge in [0.1, 0.15) is 28.9 Å². The van der Waals surface area contributed by atoms with Crippen molar-refractivity contribution in [3.8, 4) is 11.6 Å². The first-order valence-corrected chi connectivity index (χ1v) is 9.50. The van der Waals surface area contributed by atoms with Crippen molar-refractivity contribution in [3.05, 3.63) is 42.1 Å². The molecule has 3 aromatic rings. The van der Waals surface area contributed by atoms with E-state index in [1.807, 2.05) is 0 Å². The molecule has 2 aromatic heterocycles. The molecule has 1 aromatic carbocycles. The number of hydrogen-bond acceptors (Lipinski definition) is 7. The van der Waals surface area contributed by atoms with Gasteiger partial charge in [-0.3, -0.25) is 0 Å². The van der Waals surface area contributed by atoms with Crippen LogP contribution in [0.15, 0.2) is 35.5 Å². The van der Waals surface area contributed by atoms with Crippen molar-refractivity contribution in [2.45, 2.75) is 17.9 Å². The number of rotatable bonds is 5. The number of aryl methyl sites for hydroxylation is 1. The summed E-state index contributed by atoms with van der Waals surface area (Å²) in [6.07, 6.45) is 0.996. The van der Waals surface area contributed by atoms with Gasteiger partial charge in [-0.05, 0) is 25.1 Å². The van der Waals surface area contributed by atoms with Gasteiger partial charge in [-0.25, -0.2) is 17.8 Å². The van der Waals surface area contributed by atoms with Gasteiger partial charge in [-0.2, -0.15) is 18.9 Å². The van der Waals surface area contributed by atoms with Crippen LogP contribution in [0.5, 0.6) is 11.6 Å². The highest BCUT2D eigenvalue weighted by Gasteiger charge is 2.40. The van der Waals surface area contributed by atoms with Gasteiger partial charge in [0.15, 0.2) is 0 Å². The minimum atomic E-state index is -3.89.